The molecule has 24 heavy (non-hydrogen) atoms. The van der Waals surface area contributed by atoms with Crippen LogP contribution in [-0.2, 0) is 29.2 Å². The van der Waals surface area contributed by atoms with Crippen LogP contribution < -0.4 is 0 Å². The van der Waals surface area contributed by atoms with Crippen molar-refractivity contribution in [3.8, 4) is 11.3 Å². The number of nitrogens with zero attached hydrogens (tertiary/aromatic N) is 3. The predicted octanol–water partition coefficient (Wildman–Crippen LogP) is 3.76. The molecule has 4 nitrogen and oxygen atoms in total. The SMILES string of the molecule is CS1(=O)=NCc2ccc(-c3ccnn3CCc3ccccc3)cc21. The molecule has 122 valence electrons. The van der Waals surface area contributed by atoms with Crippen LogP contribution in [0.1, 0.15) is 11.1 Å². The number of benzene rings is 2. The van der Waals surface area contributed by atoms with Crippen molar-refractivity contribution >= 4 is 9.73 Å². The van der Waals surface area contributed by atoms with Crippen molar-refractivity contribution in [2.75, 3.05) is 6.26 Å². The molecule has 4 rings (SSSR count). The average Bonchev–Trinajstić information content (AvgIpc) is 3.18. The molecule has 0 saturated heterocycles. The van der Waals surface area contributed by atoms with E-state index in [4.69, 9.17) is 0 Å². The normalized spacial score (nSPS) is 19.0. The fourth-order valence-electron chi connectivity index (χ4n) is 3.10. The van der Waals surface area contributed by atoms with Crippen molar-refractivity contribution in [1.29, 1.82) is 0 Å². The van der Waals surface area contributed by atoms with E-state index in [9.17, 15) is 4.21 Å². The van der Waals surface area contributed by atoms with E-state index < -0.39 is 9.73 Å². The molecule has 0 aliphatic carbocycles. The van der Waals surface area contributed by atoms with Crippen LogP contribution in [0.4, 0.5) is 0 Å². The van der Waals surface area contributed by atoms with E-state index in [1.165, 1.54) is 5.56 Å². The first kappa shape index (κ1) is 15.1. The summed E-state index contributed by atoms with van der Waals surface area (Å²) in [5.74, 6) is 0. The highest BCUT2D eigenvalue weighted by molar-refractivity contribution is 7.93. The molecule has 2 heterocycles. The zero-order valence-corrected chi connectivity index (χ0v) is 14.4. The first-order valence-corrected chi connectivity index (χ1v) is 9.93. The number of hydrogen-bond acceptors (Lipinski definition) is 3. The van der Waals surface area contributed by atoms with E-state index in [1.807, 2.05) is 35.1 Å². The lowest BCUT2D eigenvalue weighted by Gasteiger charge is -2.10. The zero-order chi connectivity index (χ0) is 16.6. The molecule has 0 radical (unpaired) electrons. The second-order valence-corrected chi connectivity index (χ2v) is 8.39. The number of rotatable bonds is 4. The van der Waals surface area contributed by atoms with Gasteiger partial charge in [-0.05, 0) is 29.7 Å². The van der Waals surface area contributed by atoms with Gasteiger partial charge >= 0.3 is 0 Å². The molecular weight excluding hydrogens is 318 g/mol. The summed E-state index contributed by atoms with van der Waals surface area (Å²) in [4.78, 5) is 0.871. The van der Waals surface area contributed by atoms with Crippen molar-refractivity contribution in [3.05, 3.63) is 71.9 Å². The summed E-state index contributed by atoms with van der Waals surface area (Å²) >= 11 is 0. The Kier molecular flexibility index (Phi) is 3.73. The maximum atomic E-state index is 12.5. The largest absolute Gasteiger partial charge is 0.265 e. The smallest absolute Gasteiger partial charge is 0.0750 e. The van der Waals surface area contributed by atoms with Crippen LogP contribution in [0.15, 0.2) is 70.1 Å². The Hall–Kier alpha value is -2.40. The number of fused-ring (bicyclic) bond motifs is 1. The third-order valence-electron chi connectivity index (χ3n) is 4.42. The molecule has 1 aliphatic heterocycles. The molecule has 1 aromatic heterocycles. The number of hydrogen-bond donors (Lipinski definition) is 0. The average molecular weight is 337 g/mol. The van der Waals surface area contributed by atoms with Crippen LogP contribution in [0.2, 0.25) is 0 Å². The summed E-state index contributed by atoms with van der Waals surface area (Å²) in [7, 11) is -2.24. The first-order valence-electron chi connectivity index (χ1n) is 8.00. The highest BCUT2D eigenvalue weighted by Crippen LogP contribution is 2.30. The van der Waals surface area contributed by atoms with Crippen LogP contribution in [0.3, 0.4) is 0 Å². The van der Waals surface area contributed by atoms with Gasteiger partial charge in [0.05, 0.1) is 26.9 Å². The fraction of sp³-hybridized carbons (Fsp3) is 0.211. The van der Waals surface area contributed by atoms with Gasteiger partial charge in [0, 0.05) is 24.6 Å². The Morgan fingerprint density at radius 3 is 2.79 bits per heavy atom. The van der Waals surface area contributed by atoms with Crippen LogP contribution in [-0.4, -0.2) is 20.2 Å². The third-order valence-corrected chi connectivity index (χ3v) is 6.24. The van der Waals surface area contributed by atoms with E-state index in [0.717, 1.165) is 34.7 Å². The Morgan fingerprint density at radius 1 is 1.12 bits per heavy atom. The summed E-state index contributed by atoms with van der Waals surface area (Å²) in [5, 5.41) is 4.46. The van der Waals surface area contributed by atoms with Crippen LogP contribution in [0.25, 0.3) is 11.3 Å². The van der Waals surface area contributed by atoms with Gasteiger partial charge in [-0.25, -0.2) is 8.57 Å². The summed E-state index contributed by atoms with van der Waals surface area (Å²) in [6.45, 7) is 1.37. The molecule has 0 saturated carbocycles. The van der Waals surface area contributed by atoms with Gasteiger partial charge in [-0.3, -0.25) is 4.68 Å². The predicted molar refractivity (Wildman–Crippen MR) is 96.3 cm³/mol. The van der Waals surface area contributed by atoms with Crippen LogP contribution >= 0.6 is 0 Å². The third kappa shape index (κ3) is 2.76. The van der Waals surface area contributed by atoms with Crippen LogP contribution in [0.5, 0.6) is 0 Å². The summed E-state index contributed by atoms with van der Waals surface area (Å²) in [6, 6.07) is 18.5. The number of aryl methyl sites for hydroxylation is 2. The molecule has 5 heteroatoms. The van der Waals surface area contributed by atoms with Gasteiger partial charge in [-0.2, -0.15) is 5.10 Å². The molecule has 0 N–H and O–H groups in total. The maximum Gasteiger partial charge on any atom is 0.0750 e. The summed E-state index contributed by atoms with van der Waals surface area (Å²) in [5.41, 5.74) is 4.46. The van der Waals surface area contributed by atoms with E-state index in [-0.39, 0.29) is 0 Å². The first-order chi connectivity index (χ1) is 11.6. The monoisotopic (exact) mass is 337 g/mol. The second-order valence-electron chi connectivity index (χ2n) is 6.09. The molecule has 0 spiro atoms. The van der Waals surface area contributed by atoms with Gasteiger partial charge in [0.15, 0.2) is 0 Å². The Bertz CT molecular complexity index is 998. The van der Waals surface area contributed by atoms with E-state index in [1.54, 1.807) is 6.26 Å². The Morgan fingerprint density at radius 2 is 1.96 bits per heavy atom. The highest BCUT2D eigenvalue weighted by atomic mass is 32.2. The summed E-state index contributed by atoms with van der Waals surface area (Å²) in [6.07, 6.45) is 4.47. The van der Waals surface area contributed by atoms with Crippen molar-refractivity contribution in [2.24, 2.45) is 4.36 Å². The second kappa shape index (κ2) is 5.91. The van der Waals surface area contributed by atoms with Gasteiger partial charge in [0.25, 0.3) is 0 Å². The molecule has 1 unspecified atom stereocenters. The van der Waals surface area contributed by atoms with Gasteiger partial charge in [0.1, 0.15) is 0 Å². The quantitative estimate of drug-likeness (QED) is 0.728. The molecule has 0 fully saturated rings. The molecule has 0 bridgehead atoms. The highest BCUT2D eigenvalue weighted by Gasteiger charge is 2.19. The standard InChI is InChI=1S/C19H19N3OS/c1-24(23)19-13-16(7-8-17(19)14-21-24)18-9-11-20-22(18)12-10-15-5-3-2-4-6-15/h2-9,11,13H,10,12,14H2,1H3. The van der Waals surface area contributed by atoms with Crippen molar-refractivity contribution in [1.82, 2.24) is 9.78 Å². The number of aromatic nitrogens is 2. The Labute approximate surface area is 142 Å². The lowest BCUT2D eigenvalue weighted by atomic mass is 10.1. The summed E-state index contributed by atoms with van der Waals surface area (Å²) < 4.78 is 18.8. The van der Waals surface area contributed by atoms with E-state index in [2.05, 4.69) is 39.8 Å². The Balaban J connectivity index is 1.64. The topological polar surface area (TPSA) is 47.2 Å². The minimum atomic E-state index is -2.24. The van der Waals surface area contributed by atoms with Gasteiger partial charge in [-0.1, -0.05) is 42.5 Å². The molecular formula is C19H19N3OS. The van der Waals surface area contributed by atoms with E-state index in [0.29, 0.717) is 6.54 Å². The molecule has 1 aliphatic rings. The van der Waals surface area contributed by atoms with E-state index >= 15 is 0 Å². The minimum Gasteiger partial charge on any atom is -0.265 e. The molecule has 0 amide bonds. The van der Waals surface area contributed by atoms with Crippen molar-refractivity contribution in [3.63, 3.8) is 0 Å². The molecule has 2 aromatic carbocycles. The van der Waals surface area contributed by atoms with Gasteiger partial charge < -0.3 is 0 Å². The molecule has 1 atom stereocenters. The zero-order valence-electron chi connectivity index (χ0n) is 13.6. The van der Waals surface area contributed by atoms with Gasteiger partial charge in [-0.15, -0.1) is 0 Å². The van der Waals surface area contributed by atoms with Crippen LogP contribution in [0, 0.1) is 0 Å². The minimum absolute atomic E-state index is 0.554. The van der Waals surface area contributed by atoms with Gasteiger partial charge in [0.2, 0.25) is 0 Å². The van der Waals surface area contributed by atoms with Crippen molar-refractivity contribution < 1.29 is 4.21 Å². The molecule has 3 aromatic rings. The lowest BCUT2D eigenvalue weighted by molar-refractivity contribution is 0.621. The fourth-order valence-corrected chi connectivity index (χ4v) is 4.58. The lowest BCUT2D eigenvalue weighted by Crippen LogP contribution is -2.05. The maximum absolute atomic E-state index is 12.5. The van der Waals surface area contributed by atoms with Crippen molar-refractivity contribution in [2.45, 2.75) is 24.4 Å².